The fourth-order valence-corrected chi connectivity index (χ4v) is 1.89. The van der Waals surface area contributed by atoms with E-state index in [1.807, 2.05) is 34.9 Å². The molecule has 0 radical (unpaired) electrons. The molecule has 2 atom stereocenters. The molecule has 0 saturated heterocycles. The van der Waals surface area contributed by atoms with Crippen LogP contribution in [0.3, 0.4) is 0 Å². The molecule has 2 N–H and O–H groups in total. The molecule has 2 amide bonds. The van der Waals surface area contributed by atoms with Crippen molar-refractivity contribution in [2.24, 2.45) is 5.92 Å². The van der Waals surface area contributed by atoms with Crippen LogP contribution in [-0.4, -0.2) is 66.7 Å². The number of aliphatic carboxylic acids is 1. The van der Waals surface area contributed by atoms with Crippen LogP contribution in [0.2, 0.25) is 0 Å². The maximum atomic E-state index is 12.1. The van der Waals surface area contributed by atoms with Gasteiger partial charge < -0.3 is 20.2 Å². The van der Waals surface area contributed by atoms with E-state index >= 15 is 0 Å². The normalized spacial score (nSPS) is 13.9. The molecule has 0 aromatic carbocycles. The van der Waals surface area contributed by atoms with Crippen molar-refractivity contribution in [2.75, 3.05) is 33.7 Å². The van der Waals surface area contributed by atoms with Gasteiger partial charge in [0.1, 0.15) is 6.04 Å². The van der Waals surface area contributed by atoms with Crippen molar-refractivity contribution in [3.8, 4) is 0 Å². The minimum atomic E-state index is -0.975. The summed E-state index contributed by atoms with van der Waals surface area (Å²) in [6, 6.07) is -1.12. The lowest BCUT2D eigenvalue weighted by Crippen LogP contribution is -2.50. The van der Waals surface area contributed by atoms with Gasteiger partial charge in [-0.05, 0) is 39.9 Å². The standard InChI is InChI=1S/C14H29N3O3/c1-6-11(3)12(13(18)19)15-14(20)17(7-2)10-8-9-16(4)5/h11-12H,6-10H2,1-5H3,(H,15,20)(H,18,19)/t11-,12-/m0/s1. The van der Waals surface area contributed by atoms with Crippen LogP contribution in [0, 0.1) is 5.92 Å². The summed E-state index contributed by atoms with van der Waals surface area (Å²) in [6.07, 6.45) is 1.58. The fourth-order valence-electron chi connectivity index (χ4n) is 1.89. The molecular weight excluding hydrogens is 258 g/mol. The number of hydrogen-bond donors (Lipinski definition) is 2. The molecule has 0 saturated carbocycles. The quantitative estimate of drug-likeness (QED) is 0.673. The van der Waals surface area contributed by atoms with Crippen LogP contribution < -0.4 is 5.32 Å². The van der Waals surface area contributed by atoms with Crippen LogP contribution in [-0.2, 0) is 4.79 Å². The molecule has 0 aliphatic carbocycles. The largest absolute Gasteiger partial charge is 0.480 e. The molecule has 0 bridgehead atoms. The van der Waals surface area contributed by atoms with E-state index in [4.69, 9.17) is 0 Å². The van der Waals surface area contributed by atoms with Gasteiger partial charge in [0.05, 0.1) is 0 Å². The van der Waals surface area contributed by atoms with E-state index in [0.717, 1.165) is 13.0 Å². The van der Waals surface area contributed by atoms with Gasteiger partial charge in [0.25, 0.3) is 0 Å². The summed E-state index contributed by atoms with van der Waals surface area (Å²) in [4.78, 5) is 27.0. The van der Waals surface area contributed by atoms with Crippen LogP contribution in [0.4, 0.5) is 4.79 Å². The molecule has 6 nitrogen and oxygen atoms in total. The molecular formula is C14H29N3O3. The zero-order valence-corrected chi connectivity index (χ0v) is 13.3. The maximum absolute atomic E-state index is 12.1. The summed E-state index contributed by atoms with van der Waals surface area (Å²) in [6.45, 7) is 7.76. The second-order valence-electron chi connectivity index (χ2n) is 5.39. The number of carbonyl (C=O) groups excluding carboxylic acids is 1. The average Bonchev–Trinajstić information content (AvgIpc) is 2.39. The highest BCUT2D eigenvalue weighted by atomic mass is 16.4. The summed E-state index contributed by atoms with van der Waals surface area (Å²) < 4.78 is 0. The summed E-state index contributed by atoms with van der Waals surface area (Å²) >= 11 is 0. The highest BCUT2D eigenvalue weighted by molar-refractivity contribution is 5.82. The Hall–Kier alpha value is -1.30. The predicted molar refractivity (Wildman–Crippen MR) is 79.8 cm³/mol. The van der Waals surface area contributed by atoms with Gasteiger partial charge in [-0.1, -0.05) is 20.3 Å². The van der Waals surface area contributed by atoms with Gasteiger partial charge in [0, 0.05) is 13.1 Å². The molecule has 0 heterocycles. The maximum Gasteiger partial charge on any atom is 0.326 e. The van der Waals surface area contributed by atoms with Gasteiger partial charge >= 0.3 is 12.0 Å². The molecule has 0 spiro atoms. The molecule has 118 valence electrons. The lowest BCUT2D eigenvalue weighted by molar-refractivity contribution is -0.140. The number of hydrogen-bond acceptors (Lipinski definition) is 3. The number of nitrogens with one attached hydrogen (secondary N) is 1. The minimum absolute atomic E-state index is 0.0862. The molecule has 0 aromatic heterocycles. The number of rotatable bonds is 9. The third-order valence-corrected chi connectivity index (χ3v) is 3.46. The van der Waals surface area contributed by atoms with Gasteiger partial charge in [-0.15, -0.1) is 0 Å². The van der Waals surface area contributed by atoms with Gasteiger partial charge in [-0.25, -0.2) is 9.59 Å². The van der Waals surface area contributed by atoms with Crippen LogP contribution in [0.25, 0.3) is 0 Å². The van der Waals surface area contributed by atoms with E-state index in [-0.39, 0.29) is 11.9 Å². The van der Waals surface area contributed by atoms with Crippen molar-refractivity contribution in [3.05, 3.63) is 0 Å². The predicted octanol–water partition coefficient (Wildman–Crippen LogP) is 1.47. The second-order valence-corrected chi connectivity index (χ2v) is 5.39. The highest BCUT2D eigenvalue weighted by Crippen LogP contribution is 2.08. The van der Waals surface area contributed by atoms with Crippen LogP contribution >= 0.6 is 0 Å². The number of carboxylic acids is 1. The Labute approximate surface area is 122 Å². The van der Waals surface area contributed by atoms with Gasteiger partial charge in [0.15, 0.2) is 0 Å². The molecule has 6 heteroatoms. The Morgan fingerprint density at radius 3 is 2.20 bits per heavy atom. The van der Waals surface area contributed by atoms with Crippen LogP contribution in [0.15, 0.2) is 0 Å². The number of amides is 2. The van der Waals surface area contributed by atoms with Crippen molar-refractivity contribution >= 4 is 12.0 Å². The van der Waals surface area contributed by atoms with Crippen LogP contribution in [0.1, 0.15) is 33.6 Å². The topological polar surface area (TPSA) is 72.9 Å². The Kier molecular flexibility index (Phi) is 8.96. The Morgan fingerprint density at radius 2 is 1.80 bits per heavy atom. The second kappa shape index (κ2) is 9.58. The number of urea groups is 1. The molecule has 0 aromatic rings. The minimum Gasteiger partial charge on any atom is -0.480 e. The fraction of sp³-hybridized carbons (Fsp3) is 0.857. The molecule has 0 aliphatic rings. The number of carbonyl (C=O) groups is 2. The van der Waals surface area contributed by atoms with Crippen molar-refractivity contribution in [1.82, 2.24) is 15.1 Å². The average molecular weight is 287 g/mol. The third kappa shape index (κ3) is 6.75. The smallest absolute Gasteiger partial charge is 0.326 e. The SMILES string of the molecule is CC[C@H](C)[C@H](NC(=O)N(CC)CCCN(C)C)C(=O)O. The lowest BCUT2D eigenvalue weighted by atomic mass is 9.99. The molecule has 20 heavy (non-hydrogen) atoms. The van der Waals surface area contributed by atoms with Crippen molar-refractivity contribution < 1.29 is 14.7 Å². The van der Waals surface area contributed by atoms with Gasteiger partial charge in [-0.2, -0.15) is 0 Å². The molecule has 0 fully saturated rings. The van der Waals surface area contributed by atoms with E-state index in [2.05, 4.69) is 10.2 Å². The number of carboxylic acid groups (broad SMARTS) is 1. The Bertz CT molecular complexity index is 308. The summed E-state index contributed by atoms with van der Waals surface area (Å²) in [7, 11) is 3.97. The van der Waals surface area contributed by atoms with Crippen LogP contribution in [0.5, 0.6) is 0 Å². The summed E-state index contributed by atoms with van der Waals surface area (Å²) in [5.74, 6) is -1.06. The van der Waals surface area contributed by atoms with E-state index in [1.54, 1.807) is 4.90 Å². The summed E-state index contributed by atoms with van der Waals surface area (Å²) in [5.41, 5.74) is 0. The first-order chi connectivity index (χ1) is 9.33. The summed E-state index contributed by atoms with van der Waals surface area (Å²) in [5, 5.41) is 11.8. The van der Waals surface area contributed by atoms with E-state index in [1.165, 1.54) is 0 Å². The van der Waals surface area contributed by atoms with Gasteiger partial charge in [0.2, 0.25) is 0 Å². The van der Waals surface area contributed by atoms with Crippen molar-refractivity contribution in [2.45, 2.75) is 39.7 Å². The Balaban J connectivity index is 4.47. The first kappa shape index (κ1) is 18.7. The molecule has 0 aliphatic heterocycles. The van der Waals surface area contributed by atoms with E-state index in [0.29, 0.717) is 19.5 Å². The molecule has 0 rings (SSSR count). The number of nitrogens with zero attached hydrogens (tertiary/aromatic N) is 2. The van der Waals surface area contributed by atoms with E-state index in [9.17, 15) is 14.7 Å². The lowest BCUT2D eigenvalue weighted by Gasteiger charge is -2.26. The Morgan fingerprint density at radius 1 is 1.20 bits per heavy atom. The molecule has 0 unspecified atom stereocenters. The first-order valence-corrected chi connectivity index (χ1v) is 7.26. The van der Waals surface area contributed by atoms with Crippen molar-refractivity contribution in [1.29, 1.82) is 0 Å². The van der Waals surface area contributed by atoms with Crippen molar-refractivity contribution in [3.63, 3.8) is 0 Å². The highest BCUT2D eigenvalue weighted by Gasteiger charge is 2.26. The van der Waals surface area contributed by atoms with E-state index < -0.39 is 12.0 Å². The zero-order valence-electron chi connectivity index (χ0n) is 13.3. The first-order valence-electron chi connectivity index (χ1n) is 7.26. The monoisotopic (exact) mass is 287 g/mol. The zero-order chi connectivity index (χ0) is 15.7. The van der Waals surface area contributed by atoms with Gasteiger partial charge in [-0.3, -0.25) is 0 Å². The third-order valence-electron chi connectivity index (χ3n) is 3.46.